The Labute approximate surface area is 98.0 Å². The first-order chi connectivity index (χ1) is 7.70. The van der Waals surface area contributed by atoms with Crippen molar-refractivity contribution in [1.29, 1.82) is 0 Å². The number of hydrogen-bond acceptors (Lipinski definition) is 2. The van der Waals surface area contributed by atoms with Crippen LogP contribution in [0.15, 0.2) is 12.7 Å². The van der Waals surface area contributed by atoms with Gasteiger partial charge in [0.15, 0.2) is 0 Å². The van der Waals surface area contributed by atoms with E-state index < -0.39 is 6.09 Å². The van der Waals surface area contributed by atoms with Gasteiger partial charge in [-0.25, -0.2) is 4.79 Å². The highest BCUT2D eigenvalue weighted by molar-refractivity contribution is 5.64. The lowest BCUT2D eigenvalue weighted by Crippen LogP contribution is -2.15. The quantitative estimate of drug-likeness (QED) is 0.645. The third-order valence-corrected chi connectivity index (χ3v) is 3.52. The molecule has 0 aromatic carbocycles. The molecule has 0 saturated heterocycles. The van der Waals surface area contributed by atoms with Crippen LogP contribution in [0.3, 0.4) is 0 Å². The zero-order valence-corrected chi connectivity index (χ0v) is 10.2. The van der Waals surface area contributed by atoms with Gasteiger partial charge in [0.1, 0.15) is 0 Å². The minimum Gasteiger partial charge on any atom is -0.449 e. The number of allylic oxidation sites excluding steroid dienone is 1. The number of carbonyl (C=O) groups is 1. The maximum absolute atomic E-state index is 10.6. The van der Waals surface area contributed by atoms with Crippen LogP contribution in [0.1, 0.15) is 39.0 Å². The predicted octanol–water partition coefficient (Wildman–Crippen LogP) is 3.10. The Morgan fingerprint density at radius 2 is 2.06 bits per heavy atom. The van der Waals surface area contributed by atoms with Crippen molar-refractivity contribution in [1.82, 2.24) is 0 Å². The average molecular weight is 225 g/mol. The zero-order chi connectivity index (χ0) is 12.0. The Morgan fingerprint density at radius 3 is 2.62 bits per heavy atom. The first kappa shape index (κ1) is 13.1. The fourth-order valence-corrected chi connectivity index (χ4v) is 2.56. The summed E-state index contributed by atoms with van der Waals surface area (Å²) in [5, 5.41) is 0. The highest BCUT2D eigenvalue weighted by Crippen LogP contribution is 2.52. The SMILES string of the molecule is C=CCCC1[C@@H](CCCC)[C@H]1COC(N)=O. The molecule has 0 aromatic rings. The summed E-state index contributed by atoms with van der Waals surface area (Å²) in [7, 11) is 0. The largest absolute Gasteiger partial charge is 0.449 e. The first-order valence-electron chi connectivity index (χ1n) is 6.23. The van der Waals surface area contributed by atoms with Crippen LogP contribution in [0.5, 0.6) is 0 Å². The number of carbonyl (C=O) groups excluding carboxylic acids is 1. The zero-order valence-electron chi connectivity index (χ0n) is 10.2. The molecule has 1 rings (SSSR count). The van der Waals surface area contributed by atoms with Crippen LogP contribution in [0.25, 0.3) is 0 Å². The first-order valence-corrected chi connectivity index (χ1v) is 6.23. The molecule has 1 amide bonds. The molecule has 0 aromatic heterocycles. The smallest absolute Gasteiger partial charge is 0.404 e. The molecule has 92 valence electrons. The molecular formula is C13H23NO2. The monoisotopic (exact) mass is 225 g/mol. The number of rotatable bonds is 8. The Bertz CT molecular complexity index is 240. The van der Waals surface area contributed by atoms with E-state index in [4.69, 9.17) is 10.5 Å². The van der Waals surface area contributed by atoms with Gasteiger partial charge >= 0.3 is 6.09 Å². The molecule has 3 heteroatoms. The molecule has 1 aliphatic rings. The van der Waals surface area contributed by atoms with Crippen molar-refractivity contribution in [3.05, 3.63) is 12.7 Å². The highest BCUT2D eigenvalue weighted by atomic mass is 16.5. The lowest BCUT2D eigenvalue weighted by molar-refractivity contribution is 0.147. The summed E-state index contributed by atoms with van der Waals surface area (Å²) in [4.78, 5) is 10.6. The average Bonchev–Trinajstić information content (AvgIpc) is 2.93. The lowest BCUT2D eigenvalue weighted by Gasteiger charge is -1.99. The second-order valence-corrected chi connectivity index (χ2v) is 4.63. The van der Waals surface area contributed by atoms with E-state index in [9.17, 15) is 4.79 Å². The molecule has 2 N–H and O–H groups in total. The standard InChI is InChI=1S/C13H23NO2/c1-3-5-7-10-11(8-6-4-2)12(10)9-16-13(14)15/h3,10-12H,1,4-9H2,2H3,(H2,14,15)/t10?,11-,12+/m1/s1. The minimum atomic E-state index is -0.649. The summed E-state index contributed by atoms with van der Waals surface area (Å²) >= 11 is 0. The maximum Gasteiger partial charge on any atom is 0.404 e. The van der Waals surface area contributed by atoms with Crippen molar-refractivity contribution in [2.45, 2.75) is 39.0 Å². The number of hydrogen-bond donors (Lipinski definition) is 1. The van der Waals surface area contributed by atoms with Crippen LogP contribution < -0.4 is 5.73 Å². The second-order valence-electron chi connectivity index (χ2n) is 4.63. The topological polar surface area (TPSA) is 52.3 Å². The highest BCUT2D eigenvalue weighted by Gasteiger charge is 2.48. The van der Waals surface area contributed by atoms with Gasteiger partial charge in [-0.05, 0) is 37.0 Å². The third-order valence-electron chi connectivity index (χ3n) is 3.52. The second kappa shape index (κ2) is 6.56. The van der Waals surface area contributed by atoms with E-state index in [0.717, 1.165) is 12.3 Å². The van der Waals surface area contributed by atoms with Gasteiger partial charge in [0.2, 0.25) is 0 Å². The van der Waals surface area contributed by atoms with Crippen LogP contribution >= 0.6 is 0 Å². The Balaban J connectivity index is 2.28. The molecule has 1 aliphatic carbocycles. The summed E-state index contributed by atoms with van der Waals surface area (Å²) in [6.07, 6.45) is 7.29. The van der Waals surface area contributed by atoms with Crippen molar-refractivity contribution >= 4 is 6.09 Å². The van der Waals surface area contributed by atoms with Crippen LogP contribution in [0.2, 0.25) is 0 Å². The summed E-state index contributed by atoms with van der Waals surface area (Å²) < 4.78 is 4.90. The van der Waals surface area contributed by atoms with Crippen molar-refractivity contribution in [2.75, 3.05) is 6.61 Å². The summed E-state index contributed by atoms with van der Waals surface area (Å²) in [6, 6.07) is 0. The van der Waals surface area contributed by atoms with Gasteiger partial charge in [-0.3, -0.25) is 0 Å². The van der Waals surface area contributed by atoms with Crippen molar-refractivity contribution in [3.8, 4) is 0 Å². The van der Waals surface area contributed by atoms with Gasteiger partial charge in [0.05, 0.1) is 6.61 Å². The van der Waals surface area contributed by atoms with E-state index in [-0.39, 0.29) is 0 Å². The Morgan fingerprint density at radius 1 is 1.38 bits per heavy atom. The van der Waals surface area contributed by atoms with E-state index in [1.807, 2.05) is 6.08 Å². The number of primary amides is 1. The van der Waals surface area contributed by atoms with Crippen LogP contribution in [-0.4, -0.2) is 12.7 Å². The summed E-state index contributed by atoms with van der Waals surface area (Å²) in [6.45, 7) is 6.45. The van der Waals surface area contributed by atoms with Crippen molar-refractivity contribution in [2.24, 2.45) is 23.5 Å². The molecule has 0 radical (unpaired) electrons. The van der Waals surface area contributed by atoms with Crippen molar-refractivity contribution < 1.29 is 9.53 Å². The molecule has 3 nitrogen and oxygen atoms in total. The van der Waals surface area contributed by atoms with Crippen LogP contribution in [-0.2, 0) is 4.74 Å². The normalized spacial score (nSPS) is 27.4. The minimum absolute atomic E-state index is 0.505. The van der Waals surface area contributed by atoms with E-state index in [0.29, 0.717) is 18.4 Å². The van der Waals surface area contributed by atoms with E-state index in [1.54, 1.807) is 0 Å². The van der Waals surface area contributed by atoms with Gasteiger partial charge in [-0.2, -0.15) is 0 Å². The van der Waals surface area contributed by atoms with Gasteiger partial charge in [0, 0.05) is 0 Å². The molecule has 0 bridgehead atoms. The number of amides is 1. The van der Waals surface area contributed by atoms with Gasteiger partial charge in [-0.1, -0.05) is 25.8 Å². The van der Waals surface area contributed by atoms with E-state index >= 15 is 0 Å². The van der Waals surface area contributed by atoms with Gasteiger partial charge < -0.3 is 10.5 Å². The van der Waals surface area contributed by atoms with E-state index in [1.165, 1.54) is 25.7 Å². The predicted molar refractivity (Wildman–Crippen MR) is 65.0 cm³/mol. The van der Waals surface area contributed by atoms with Crippen molar-refractivity contribution in [3.63, 3.8) is 0 Å². The molecule has 16 heavy (non-hydrogen) atoms. The van der Waals surface area contributed by atoms with E-state index in [2.05, 4.69) is 13.5 Å². The maximum atomic E-state index is 10.6. The lowest BCUT2D eigenvalue weighted by atomic mass is 10.1. The van der Waals surface area contributed by atoms with Crippen LogP contribution in [0.4, 0.5) is 4.79 Å². The number of ether oxygens (including phenoxy) is 1. The van der Waals surface area contributed by atoms with Gasteiger partial charge in [0.25, 0.3) is 0 Å². The number of nitrogens with two attached hydrogens (primary N) is 1. The fraction of sp³-hybridized carbons (Fsp3) is 0.769. The van der Waals surface area contributed by atoms with Crippen LogP contribution in [0, 0.1) is 17.8 Å². The Hall–Kier alpha value is -0.990. The summed E-state index contributed by atoms with van der Waals surface area (Å²) in [5.41, 5.74) is 4.98. The third kappa shape index (κ3) is 3.87. The molecular weight excluding hydrogens is 202 g/mol. The molecule has 1 fully saturated rings. The van der Waals surface area contributed by atoms with Gasteiger partial charge in [-0.15, -0.1) is 6.58 Å². The number of unbranched alkanes of at least 4 members (excludes halogenated alkanes) is 1. The molecule has 3 atom stereocenters. The molecule has 1 saturated carbocycles. The molecule has 0 heterocycles. The Kier molecular flexibility index (Phi) is 5.36. The fourth-order valence-electron chi connectivity index (χ4n) is 2.56. The molecule has 0 aliphatic heterocycles. The summed E-state index contributed by atoms with van der Waals surface area (Å²) in [5.74, 6) is 1.99. The molecule has 1 unspecified atom stereocenters. The molecule has 0 spiro atoms.